The molecule has 0 bridgehead atoms. The van der Waals surface area contributed by atoms with Crippen molar-refractivity contribution in [3.63, 3.8) is 0 Å². The molecule has 3 rings (SSSR count). The number of imidazole rings is 1. The Kier molecular flexibility index (Phi) is 3.10. The number of rotatable bonds is 2. The number of nitrogens with zero attached hydrogens (tertiary/aromatic N) is 2. The minimum Gasteiger partial charge on any atom is -0.338 e. The molecule has 1 aromatic heterocycles. The number of aryl methyl sites for hydroxylation is 1. The van der Waals surface area contributed by atoms with Crippen molar-refractivity contribution >= 4 is 16.9 Å². The number of benzene rings is 1. The van der Waals surface area contributed by atoms with Gasteiger partial charge in [0.05, 0.1) is 11.0 Å². The first-order valence-corrected chi connectivity index (χ1v) is 6.78. The van der Waals surface area contributed by atoms with Crippen molar-refractivity contribution in [3.8, 4) is 0 Å². The fourth-order valence-corrected chi connectivity index (χ4v) is 2.76. The Morgan fingerprint density at radius 3 is 3.00 bits per heavy atom. The second-order valence-electron chi connectivity index (χ2n) is 5.36. The minimum atomic E-state index is -0.172. The van der Waals surface area contributed by atoms with Crippen LogP contribution in [-0.4, -0.2) is 40.0 Å². The van der Waals surface area contributed by atoms with Crippen molar-refractivity contribution in [2.75, 3.05) is 19.6 Å². The second-order valence-corrected chi connectivity index (χ2v) is 5.36. The van der Waals surface area contributed by atoms with E-state index in [9.17, 15) is 9.59 Å². The maximum absolute atomic E-state index is 12.4. The summed E-state index contributed by atoms with van der Waals surface area (Å²) in [6.07, 6.45) is 0.965. The highest BCUT2D eigenvalue weighted by Gasteiger charge is 2.26. The number of fused-ring (bicyclic) bond motifs is 1. The van der Waals surface area contributed by atoms with Gasteiger partial charge in [-0.1, -0.05) is 0 Å². The number of nitrogens with two attached hydrogens (primary N) is 1. The molecule has 2 heterocycles. The fraction of sp³-hybridized carbons (Fsp3) is 0.429. The van der Waals surface area contributed by atoms with E-state index in [1.54, 1.807) is 25.2 Å². The van der Waals surface area contributed by atoms with Gasteiger partial charge >= 0.3 is 5.69 Å². The number of aromatic nitrogens is 2. The molecule has 1 aliphatic rings. The monoisotopic (exact) mass is 274 g/mol. The van der Waals surface area contributed by atoms with E-state index in [0.717, 1.165) is 25.0 Å². The number of amides is 1. The van der Waals surface area contributed by atoms with E-state index in [-0.39, 0.29) is 11.6 Å². The van der Waals surface area contributed by atoms with Gasteiger partial charge in [-0.15, -0.1) is 0 Å². The van der Waals surface area contributed by atoms with Gasteiger partial charge in [0.25, 0.3) is 5.91 Å². The predicted octanol–water partition coefficient (Wildman–Crippen LogP) is 0.287. The molecular formula is C14H18N4O2. The quantitative estimate of drug-likeness (QED) is 0.825. The summed E-state index contributed by atoms with van der Waals surface area (Å²) in [6.45, 7) is 2.09. The lowest BCUT2D eigenvalue weighted by Gasteiger charge is -2.16. The van der Waals surface area contributed by atoms with Crippen LogP contribution in [0.4, 0.5) is 0 Å². The molecule has 3 N–H and O–H groups in total. The maximum Gasteiger partial charge on any atom is 0.326 e. The van der Waals surface area contributed by atoms with Crippen molar-refractivity contribution in [3.05, 3.63) is 34.2 Å². The molecule has 1 fully saturated rings. The van der Waals surface area contributed by atoms with Gasteiger partial charge in [-0.25, -0.2) is 4.79 Å². The number of H-pyrrole nitrogens is 1. The van der Waals surface area contributed by atoms with E-state index in [0.29, 0.717) is 23.5 Å². The van der Waals surface area contributed by atoms with E-state index >= 15 is 0 Å². The molecule has 0 spiro atoms. The van der Waals surface area contributed by atoms with Gasteiger partial charge in [0, 0.05) is 25.7 Å². The van der Waals surface area contributed by atoms with E-state index in [2.05, 4.69) is 4.98 Å². The van der Waals surface area contributed by atoms with Crippen molar-refractivity contribution in [2.45, 2.75) is 6.42 Å². The smallest absolute Gasteiger partial charge is 0.326 e. The van der Waals surface area contributed by atoms with Gasteiger partial charge in [-0.3, -0.25) is 9.36 Å². The van der Waals surface area contributed by atoms with E-state index < -0.39 is 0 Å². The Morgan fingerprint density at radius 2 is 2.30 bits per heavy atom. The van der Waals surface area contributed by atoms with Gasteiger partial charge in [0.15, 0.2) is 0 Å². The summed E-state index contributed by atoms with van der Waals surface area (Å²) in [7, 11) is 1.70. The maximum atomic E-state index is 12.4. The van der Waals surface area contributed by atoms with Gasteiger partial charge < -0.3 is 15.6 Å². The van der Waals surface area contributed by atoms with Crippen LogP contribution >= 0.6 is 0 Å². The summed E-state index contributed by atoms with van der Waals surface area (Å²) in [4.78, 5) is 28.6. The topological polar surface area (TPSA) is 84.1 Å². The van der Waals surface area contributed by atoms with Crippen LogP contribution in [-0.2, 0) is 7.05 Å². The molecule has 1 saturated heterocycles. The number of carbonyl (C=O) groups is 1. The lowest BCUT2D eigenvalue weighted by atomic mass is 10.1. The molecule has 1 amide bonds. The zero-order chi connectivity index (χ0) is 14.3. The molecule has 20 heavy (non-hydrogen) atoms. The third-order valence-electron chi connectivity index (χ3n) is 4.06. The highest BCUT2D eigenvalue weighted by molar-refractivity contribution is 5.97. The van der Waals surface area contributed by atoms with Gasteiger partial charge in [-0.05, 0) is 37.1 Å². The third-order valence-corrected chi connectivity index (χ3v) is 4.06. The highest BCUT2D eigenvalue weighted by atomic mass is 16.2. The summed E-state index contributed by atoms with van der Waals surface area (Å²) < 4.78 is 1.53. The molecule has 1 atom stereocenters. The van der Waals surface area contributed by atoms with Crippen LogP contribution in [0.3, 0.4) is 0 Å². The van der Waals surface area contributed by atoms with Crippen LogP contribution in [0.25, 0.3) is 11.0 Å². The fourth-order valence-electron chi connectivity index (χ4n) is 2.76. The average Bonchev–Trinajstić information content (AvgIpc) is 3.04. The van der Waals surface area contributed by atoms with Crippen molar-refractivity contribution in [1.29, 1.82) is 0 Å². The zero-order valence-electron chi connectivity index (χ0n) is 11.4. The molecule has 0 aliphatic carbocycles. The molecule has 6 nitrogen and oxygen atoms in total. The van der Waals surface area contributed by atoms with Gasteiger partial charge in [0.2, 0.25) is 0 Å². The summed E-state index contributed by atoms with van der Waals surface area (Å²) >= 11 is 0. The number of aromatic amines is 1. The highest BCUT2D eigenvalue weighted by Crippen LogP contribution is 2.19. The number of carbonyl (C=O) groups excluding carboxylic acids is 1. The molecule has 1 aromatic carbocycles. The van der Waals surface area contributed by atoms with Crippen molar-refractivity contribution in [1.82, 2.24) is 14.5 Å². The average molecular weight is 274 g/mol. The Hall–Kier alpha value is -2.08. The second kappa shape index (κ2) is 4.79. The third kappa shape index (κ3) is 2.02. The number of nitrogens with one attached hydrogen (secondary N) is 1. The van der Waals surface area contributed by atoms with Gasteiger partial charge in [0.1, 0.15) is 0 Å². The lowest BCUT2D eigenvalue weighted by molar-refractivity contribution is 0.0788. The van der Waals surface area contributed by atoms with E-state index in [4.69, 9.17) is 5.73 Å². The van der Waals surface area contributed by atoms with Crippen LogP contribution in [0.5, 0.6) is 0 Å². The minimum absolute atomic E-state index is 0.00699. The molecule has 0 saturated carbocycles. The van der Waals surface area contributed by atoms with Gasteiger partial charge in [-0.2, -0.15) is 0 Å². The van der Waals surface area contributed by atoms with Crippen LogP contribution < -0.4 is 11.4 Å². The zero-order valence-corrected chi connectivity index (χ0v) is 11.4. The SMILES string of the molecule is Cn1c(=O)[nH]c2cc(C(=O)N3CC[C@@H](CN)C3)ccc21. The molecular weight excluding hydrogens is 256 g/mol. The molecule has 1 aliphatic heterocycles. The normalized spacial score (nSPS) is 18.9. The lowest BCUT2D eigenvalue weighted by Crippen LogP contribution is -2.29. The Balaban J connectivity index is 1.90. The number of likely N-dealkylation sites (tertiary alicyclic amines) is 1. The molecule has 6 heteroatoms. The van der Waals surface area contributed by atoms with Crippen LogP contribution in [0, 0.1) is 5.92 Å². The summed E-state index contributed by atoms with van der Waals surface area (Å²) in [5.41, 5.74) is 7.58. The van der Waals surface area contributed by atoms with E-state index in [1.807, 2.05) is 4.90 Å². The van der Waals surface area contributed by atoms with Crippen molar-refractivity contribution in [2.24, 2.45) is 18.7 Å². The first-order valence-electron chi connectivity index (χ1n) is 6.78. The van der Waals surface area contributed by atoms with Crippen LogP contribution in [0.2, 0.25) is 0 Å². The van der Waals surface area contributed by atoms with Crippen LogP contribution in [0.1, 0.15) is 16.8 Å². The Morgan fingerprint density at radius 1 is 1.50 bits per heavy atom. The molecule has 2 aromatic rings. The van der Waals surface area contributed by atoms with Crippen molar-refractivity contribution < 1.29 is 4.79 Å². The standard InChI is InChI=1S/C14H18N4O2/c1-17-12-3-2-10(6-11(12)16-14(17)20)13(19)18-5-4-9(7-15)8-18/h2-3,6,9H,4-5,7-8,15H2,1H3,(H,16,20)/t9-/m0/s1. The molecule has 0 unspecified atom stereocenters. The summed E-state index contributed by atoms with van der Waals surface area (Å²) in [5, 5.41) is 0. The number of hydrogen-bond acceptors (Lipinski definition) is 3. The largest absolute Gasteiger partial charge is 0.338 e. The summed E-state index contributed by atoms with van der Waals surface area (Å²) in [6, 6.07) is 5.32. The number of hydrogen-bond donors (Lipinski definition) is 2. The van der Waals surface area contributed by atoms with Crippen LogP contribution in [0.15, 0.2) is 23.0 Å². The Labute approximate surface area is 116 Å². The predicted molar refractivity (Wildman–Crippen MR) is 76.6 cm³/mol. The van der Waals surface area contributed by atoms with E-state index in [1.165, 1.54) is 4.57 Å². The molecule has 106 valence electrons. The molecule has 0 radical (unpaired) electrons. The Bertz CT molecular complexity index is 716. The first-order chi connectivity index (χ1) is 9.60. The summed E-state index contributed by atoms with van der Waals surface area (Å²) in [5.74, 6) is 0.409. The first kappa shape index (κ1) is 12.9.